The Morgan fingerprint density at radius 3 is 2.44 bits per heavy atom. The highest BCUT2D eigenvalue weighted by atomic mass is 16.1. The SMILES string of the molecule is CCC/C=C(\C=O)CC. The number of hydrogen-bond donors (Lipinski definition) is 0. The van der Waals surface area contributed by atoms with E-state index in [-0.39, 0.29) is 0 Å². The van der Waals surface area contributed by atoms with Crippen molar-refractivity contribution in [2.75, 3.05) is 0 Å². The zero-order chi connectivity index (χ0) is 7.11. The minimum Gasteiger partial charge on any atom is -0.298 e. The fraction of sp³-hybridized carbons (Fsp3) is 0.625. The second kappa shape index (κ2) is 5.54. The standard InChI is InChI=1S/C8H14O/c1-3-5-6-8(4-2)7-9/h6-7H,3-5H2,1-2H3/b8-6-. The first-order valence-corrected chi connectivity index (χ1v) is 3.49. The van der Waals surface area contributed by atoms with Crippen molar-refractivity contribution in [3.8, 4) is 0 Å². The Morgan fingerprint density at radius 2 is 2.11 bits per heavy atom. The smallest absolute Gasteiger partial charge is 0.145 e. The van der Waals surface area contributed by atoms with Gasteiger partial charge in [0.1, 0.15) is 6.29 Å². The number of aldehydes is 1. The van der Waals surface area contributed by atoms with Crippen LogP contribution < -0.4 is 0 Å². The van der Waals surface area contributed by atoms with Crippen LogP contribution in [0.1, 0.15) is 33.1 Å². The van der Waals surface area contributed by atoms with Gasteiger partial charge in [-0.15, -0.1) is 0 Å². The molecule has 0 heterocycles. The molecular formula is C8H14O. The Morgan fingerprint density at radius 1 is 1.44 bits per heavy atom. The van der Waals surface area contributed by atoms with Crippen LogP contribution in [0.4, 0.5) is 0 Å². The van der Waals surface area contributed by atoms with E-state index in [1.165, 1.54) is 0 Å². The molecule has 9 heavy (non-hydrogen) atoms. The lowest BCUT2D eigenvalue weighted by molar-refractivity contribution is -0.105. The van der Waals surface area contributed by atoms with Gasteiger partial charge in [0.15, 0.2) is 0 Å². The quantitative estimate of drug-likeness (QED) is 0.417. The minimum absolute atomic E-state index is 0.865. The van der Waals surface area contributed by atoms with Gasteiger partial charge in [0.05, 0.1) is 0 Å². The van der Waals surface area contributed by atoms with E-state index in [4.69, 9.17) is 0 Å². The largest absolute Gasteiger partial charge is 0.298 e. The summed E-state index contributed by atoms with van der Waals surface area (Å²) >= 11 is 0. The molecular weight excluding hydrogens is 112 g/mol. The van der Waals surface area contributed by atoms with Gasteiger partial charge in [0.2, 0.25) is 0 Å². The molecule has 1 nitrogen and oxygen atoms in total. The summed E-state index contributed by atoms with van der Waals surface area (Å²) in [5, 5.41) is 0. The van der Waals surface area contributed by atoms with Gasteiger partial charge in [-0.2, -0.15) is 0 Å². The fourth-order valence-electron chi connectivity index (χ4n) is 0.606. The number of unbranched alkanes of at least 4 members (excludes halogenated alkanes) is 1. The summed E-state index contributed by atoms with van der Waals surface area (Å²) < 4.78 is 0. The highest BCUT2D eigenvalue weighted by Gasteiger charge is 1.86. The van der Waals surface area contributed by atoms with Crippen molar-refractivity contribution >= 4 is 6.29 Å². The molecule has 0 amide bonds. The van der Waals surface area contributed by atoms with Crippen LogP contribution in [0.25, 0.3) is 0 Å². The van der Waals surface area contributed by atoms with E-state index in [1.807, 2.05) is 13.0 Å². The van der Waals surface area contributed by atoms with Crippen molar-refractivity contribution in [2.45, 2.75) is 33.1 Å². The van der Waals surface area contributed by atoms with E-state index in [0.717, 1.165) is 31.1 Å². The fourth-order valence-corrected chi connectivity index (χ4v) is 0.606. The summed E-state index contributed by atoms with van der Waals surface area (Å²) in [5.74, 6) is 0. The molecule has 0 atom stereocenters. The molecule has 0 aliphatic rings. The molecule has 0 aliphatic heterocycles. The molecule has 0 aromatic heterocycles. The van der Waals surface area contributed by atoms with E-state index in [0.29, 0.717) is 0 Å². The summed E-state index contributed by atoms with van der Waals surface area (Å²) in [5.41, 5.74) is 0.928. The first kappa shape index (κ1) is 8.41. The van der Waals surface area contributed by atoms with Crippen LogP contribution in [0, 0.1) is 0 Å². The average molecular weight is 126 g/mol. The van der Waals surface area contributed by atoms with Gasteiger partial charge in [-0.1, -0.05) is 26.3 Å². The Balaban J connectivity index is 3.61. The van der Waals surface area contributed by atoms with E-state index in [9.17, 15) is 4.79 Å². The third-order valence-corrected chi connectivity index (χ3v) is 1.25. The normalized spacial score (nSPS) is 11.6. The lowest BCUT2D eigenvalue weighted by Gasteiger charge is -1.90. The molecule has 1 heteroatoms. The number of carbonyl (C=O) groups is 1. The topological polar surface area (TPSA) is 17.1 Å². The number of hydrogen-bond acceptors (Lipinski definition) is 1. The van der Waals surface area contributed by atoms with Gasteiger partial charge in [0.25, 0.3) is 0 Å². The van der Waals surface area contributed by atoms with Gasteiger partial charge in [-0.3, -0.25) is 4.79 Å². The molecule has 0 aromatic rings. The van der Waals surface area contributed by atoms with Gasteiger partial charge in [-0.05, 0) is 18.4 Å². The minimum atomic E-state index is 0.865. The van der Waals surface area contributed by atoms with Crippen molar-refractivity contribution in [2.24, 2.45) is 0 Å². The zero-order valence-electron chi connectivity index (χ0n) is 6.18. The van der Waals surface area contributed by atoms with Crippen molar-refractivity contribution in [3.05, 3.63) is 11.6 Å². The van der Waals surface area contributed by atoms with E-state index < -0.39 is 0 Å². The molecule has 0 aromatic carbocycles. The summed E-state index contributed by atoms with van der Waals surface area (Å²) in [6.07, 6.45) is 5.96. The zero-order valence-corrected chi connectivity index (χ0v) is 6.18. The molecule has 0 rings (SSSR count). The third kappa shape index (κ3) is 3.95. The average Bonchev–Trinajstić information content (AvgIpc) is 1.91. The maximum Gasteiger partial charge on any atom is 0.145 e. The van der Waals surface area contributed by atoms with E-state index >= 15 is 0 Å². The Labute approximate surface area is 56.8 Å². The monoisotopic (exact) mass is 126 g/mol. The van der Waals surface area contributed by atoms with Crippen LogP contribution in [0.2, 0.25) is 0 Å². The number of allylic oxidation sites excluding steroid dienone is 2. The van der Waals surface area contributed by atoms with Crippen molar-refractivity contribution < 1.29 is 4.79 Å². The Kier molecular flexibility index (Phi) is 5.18. The molecule has 0 N–H and O–H groups in total. The molecule has 0 radical (unpaired) electrons. The third-order valence-electron chi connectivity index (χ3n) is 1.25. The lowest BCUT2D eigenvalue weighted by atomic mass is 10.2. The van der Waals surface area contributed by atoms with Crippen LogP contribution in [0.3, 0.4) is 0 Å². The number of carbonyl (C=O) groups excluding carboxylic acids is 1. The summed E-state index contributed by atoms with van der Waals surface area (Å²) in [6.45, 7) is 4.10. The van der Waals surface area contributed by atoms with Gasteiger partial charge in [0, 0.05) is 0 Å². The Bertz CT molecular complexity index is 103. The first-order valence-electron chi connectivity index (χ1n) is 3.49. The van der Waals surface area contributed by atoms with Gasteiger partial charge < -0.3 is 0 Å². The number of rotatable bonds is 4. The molecule has 0 saturated carbocycles. The Hall–Kier alpha value is -0.590. The molecule has 0 unspecified atom stereocenters. The first-order chi connectivity index (χ1) is 4.35. The van der Waals surface area contributed by atoms with Crippen LogP contribution in [-0.4, -0.2) is 6.29 Å². The highest BCUT2D eigenvalue weighted by Crippen LogP contribution is 1.99. The maximum atomic E-state index is 10.2. The van der Waals surface area contributed by atoms with E-state index in [2.05, 4.69) is 6.92 Å². The summed E-state index contributed by atoms with van der Waals surface area (Å²) in [4.78, 5) is 10.2. The van der Waals surface area contributed by atoms with Crippen molar-refractivity contribution in [3.63, 3.8) is 0 Å². The molecule has 0 spiro atoms. The second-order valence-electron chi connectivity index (χ2n) is 2.04. The van der Waals surface area contributed by atoms with Crippen LogP contribution in [0.15, 0.2) is 11.6 Å². The molecule has 0 bridgehead atoms. The predicted octanol–water partition coefficient (Wildman–Crippen LogP) is 2.32. The van der Waals surface area contributed by atoms with Crippen LogP contribution in [-0.2, 0) is 4.79 Å². The van der Waals surface area contributed by atoms with Crippen molar-refractivity contribution in [1.29, 1.82) is 0 Å². The molecule has 0 saturated heterocycles. The molecule has 0 aliphatic carbocycles. The molecule has 52 valence electrons. The van der Waals surface area contributed by atoms with Gasteiger partial charge in [-0.25, -0.2) is 0 Å². The molecule has 0 fully saturated rings. The van der Waals surface area contributed by atoms with Gasteiger partial charge >= 0.3 is 0 Å². The highest BCUT2D eigenvalue weighted by molar-refractivity contribution is 5.72. The summed E-state index contributed by atoms with van der Waals surface area (Å²) in [7, 11) is 0. The maximum absolute atomic E-state index is 10.2. The summed E-state index contributed by atoms with van der Waals surface area (Å²) in [6, 6.07) is 0. The van der Waals surface area contributed by atoms with Crippen LogP contribution >= 0.6 is 0 Å². The predicted molar refractivity (Wildman–Crippen MR) is 39.3 cm³/mol. The van der Waals surface area contributed by atoms with E-state index in [1.54, 1.807) is 0 Å². The second-order valence-corrected chi connectivity index (χ2v) is 2.04. The lowest BCUT2D eigenvalue weighted by Crippen LogP contribution is -1.80. The van der Waals surface area contributed by atoms with Crippen molar-refractivity contribution in [1.82, 2.24) is 0 Å². The van der Waals surface area contributed by atoms with Crippen LogP contribution in [0.5, 0.6) is 0 Å².